The molecule has 1 aromatic carbocycles. The van der Waals surface area contributed by atoms with Crippen LogP contribution in [0.1, 0.15) is 38.7 Å². The molecule has 3 atom stereocenters. The van der Waals surface area contributed by atoms with E-state index in [-0.39, 0.29) is 24.8 Å². The Balaban J connectivity index is 1.59. The number of carbonyl (C=O) groups is 3. The van der Waals surface area contributed by atoms with E-state index >= 15 is 0 Å². The van der Waals surface area contributed by atoms with Crippen LogP contribution in [0.4, 0.5) is 0 Å². The molecule has 0 bridgehead atoms. The summed E-state index contributed by atoms with van der Waals surface area (Å²) in [5, 5.41) is 26.2. The Bertz CT molecular complexity index is 985. The Morgan fingerprint density at radius 1 is 1.33 bits per heavy atom. The quantitative estimate of drug-likeness (QED) is 0.485. The largest absolute Gasteiger partial charge is 0.481 e. The second-order valence-electron chi connectivity index (χ2n) is 8.30. The Hall–Kier alpha value is -3.05. The van der Waals surface area contributed by atoms with E-state index in [0.717, 1.165) is 6.42 Å². The lowest BCUT2D eigenvalue weighted by molar-refractivity contribution is -0.139. The smallest absolute Gasteiger partial charge is 0.304 e. The Kier molecular flexibility index (Phi) is 8.34. The van der Waals surface area contributed by atoms with Gasteiger partial charge in [-0.1, -0.05) is 18.5 Å². The molecule has 12 heteroatoms. The number of benzene rings is 1. The molecule has 1 aliphatic rings. The Morgan fingerprint density at radius 2 is 2.12 bits per heavy atom. The number of piperidine rings is 1. The van der Waals surface area contributed by atoms with Crippen LogP contribution in [0.5, 0.6) is 0 Å². The molecule has 0 saturated carbocycles. The maximum atomic E-state index is 12.9. The van der Waals surface area contributed by atoms with E-state index in [4.69, 9.17) is 16.7 Å². The number of halogens is 1. The van der Waals surface area contributed by atoms with Crippen molar-refractivity contribution >= 4 is 29.4 Å². The maximum absolute atomic E-state index is 12.9. The van der Waals surface area contributed by atoms with Gasteiger partial charge in [0.15, 0.2) is 0 Å². The number of hydrogen-bond donors (Lipinski definition) is 3. The van der Waals surface area contributed by atoms with Gasteiger partial charge >= 0.3 is 5.97 Å². The molecule has 1 aliphatic heterocycles. The fourth-order valence-electron chi connectivity index (χ4n) is 3.87. The first-order valence-electron chi connectivity index (χ1n) is 10.8. The lowest BCUT2D eigenvalue weighted by atomic mass is 9.91. The van der Waals surface area contributed by atoms with Crippen molar-refractivity contribution in [3.8, 4) is 5.69 Å². The number of tetrazole rings is 1. The SMILES string of the molecule is C[C@H]1CCN(CCC(=O)O)[C@@H](C(=O)N[C@@H](C)C(=O)NCc2cc(Cl)ccc2-n2cnnn2)C1. The van der Waals surface area contributed by atoms with Gasteiger partial charge in [0.25, 0.3) is 0 Å². The lowest BCUT2D eigenvalue weighted by Gasteiger charge is -2.37. The van der Waals surface area contributed by atoms with Crippen LogP contribution in [0, 0.1) is 5.92 Å². The summed E-state index contributed by atoms with van der Waals surface area (Å²) in [5.41, 5.74) is 1.38. The van der Waals surface area contributed by atoms with E-state index in [1.807, 2.05) is 4.90 Å². The highest BCUT2D eigenvalue weighted by molar-refractivity contribution is 6.30. The topological polar surface area (TPSA) is 142 Å². The zero-order chi connectivity index (χ0) is 24.0. The minimum Gasteiger partial charge on any atom is -0.481 e. The number of hydrogen-bond acceptors (Lipinski definition) is 7. The monoisotopic (exact) mass is 477 g/mol. The molecule has 2 amide bonds. The number of aromatic nitrogens is 4. The number of carboxylic acids is 1. The summed E-state index contributed by atoms with van der Waals surface area (Å²) in [6.07, 6.45) is 2.94. The lowest BCUT2D eigenvalue weighted by Crippen LogP contribution is -2.55. The normalized spacial score (nSPS) is 19.6. The molecule has 2 heterocycles. The van der Waals surface area contributed by atoms with Crippen molar-refractivity contribution in [2.24, 2.45) is 5.92 Å². The number of aliphatic carboxylic acids is 1. The van der Waals surface area contributed by atoms with E-state index in [1.54, 1.807) is 25.1 Å². The van der Waals surface area contributed by atoms with Gasteiger partial charge in [0.2, 0.25) is 11.8 Å². The summed E-state index contributed by atoms with van der Waals surface area (Å²) in [4.78, 5) is 38.4. The summed E-state index contributed by atoms with van der Waals surface area (Å²) < 4.78 is 1.47. The van der Waals surface area contributed by atoms with Crippen molar-refractivity contribution in [3.05, 3.63) is 35.1 Å². The highest BCUT2D eigenvalue weighted by Gasteiger charge is 2.33. The van der Waals surface area contributed by atoms with E-state index in [2.05, 4.69) is 33.1 Å². The van der Waals surface area contributed by atoms with Gasteiger partial charge < -0.3 is 15.7 Å². The molecule has 0 aliphatic carbocycles. The van der Waals surface area contributed by atoms with E-state index < -0.39 is 18.1 Å². The Morgan fingerprint density at radius 3 is 2.82 bits per heavy atom. The predicted octanol–water partition coefficient (Wildman–Crippen LogP) is 1.01. The number of rotatable bonds is 9. The third-order valence-corrected chi connectivity index (χ3v) is 5.97. The minimum absolute atomic E-state index is 0.0303. The second kappa shape index (κ2) is 11.2. The number of carbonyl (C=O) groups excluding carboxylic acids is 2. The van der Waals surface area contributed by atoms with E-state index in [0.29, 0.717) is 41.7 Å². The first-order valence-corrected chi connectivity index (χ1v) is 11.2. The van der Waals surface area contributed by atoms with E-state index in [1.165, 1.54) is 11.0 Å². The summed E-state index contributed by atoms with van der Waals surface area (Å²) in [6.45, 7) is 4.80. The fraction of sp³-hybridized carbons (Fsp3) is 0.524. The maximum Gasteiger partial charge on any atom is 0.304 e. The molecule has 0 unspecified atom stereocenters. The van der Waals surface area contributed by atoms with E-state index in [9.17, 15) is 14.4 Å². The molecule has 33 heavy (non-hydrogen) atoms. The molecule has 178 valence electrons. The molecular formula is C21H28ClN7O4. The third kappa shape index (κ3) is 6.72. The average Bonchev–Trinajstić information content (AvgIpc) is 3.31. The number of nitrogens with zero attached hydrogens (tertiary/aromatic N) is 5. The van der Waals surface area contributed by atoms with Crippen LogP contribution in [0.2, 0.25) is 5.02 Å². The van der Waals surface area contributed by atoms with Gasteiger partial charge in [-0.15, -0.1) is 5.10 Å². The van der Waals surface area contributed by atoms with Gasteiger partial charge in [-0.2, -0.15) is 0 Å². The molecule has 1 saturated heterocycles. The van der Waals surface area contributed by atoms with Gasteiger partial charge in [-0.3, -0.25) is 19.3 Å². The van der Waals surface area contributed by atoms with Crippen molar-refractivity contribution in [1.29, 1.82) is 0 Å². The van der Waals surface area contributed by atoms with Crippen LogP contribution in [0.3, 0.4) is 0 Å². The molecule has 2 aromatic rings. The highest BCUT2D eigenvalue weighted by Crippen LogP contribution is 2.23. The number of carboxylic acid groups (broad SMARTS) is 1. The molecule has 1 aromatic heterocycles. The summed E-state index contributed by atoms with van der Waals surface area (Å²) in [7, 11) is 0. The second-order valence-corrected chi connectivity index (χ2v) is 8.74. The molecule has 0 radical (unpaired) electrons. The van der Waals surface area contributed by atoms with Crippen LogP contribution < -0.4 is 10.6 Å². The molecule has 3 rings (SSSR count). The first kappa shape index (κ1) is 24.6. The van der Waals surface area contributed by atoms with Gasteiger partial charge in [0.1, 0.15) is 12.4 Å². The summed E-state index contributed by atoms with van der Waals surface area (Å²) in [5.74, 6) is -1.18. The molecular weight excluding hydrogens is 450 g/mol. The van der Waals surface area contributed by atoms with Gasteiger partial charge in [0, 0.05) is 18.1 Å². The number of nitrogens with one attached hydrogen (secondary N) is 2. The van der Waals surface area contributed by atoms with Crippen LogP contribution in [-0.4, -0.2) is 73.2 Å². The zero-order valence-electron chi connectivity index (χ0n) is 18.6. The van der Waals surface area contributed by atoms with Crippen molar-refractivity contribution in [2.45, 2.75) is 51.7 Å². The Labute approximate surface area is 196 Å². The number of amides is 2. The third-order valence-electron chi connectivity index (χ3n) is 5.73. The standard InChI is InChI=1S/C21H28ClN7O4/c1-13-5-7-28(8-6-19(30)31)18(9-13)21(33)25-14(2)20(32)23-11-15-10-16(22)3-4-17(15)29-12-24-26-27-29/h3-4,10,12-14,18H,5-9,11H2,1-2H3,(H,23,32)(H,25,33)(H,30,31)/t13-,14-,18+/m0/s1. The minimum atomic E-state index is -0.900. The first-order chi connectivity index (χ1) is 15.7. The molecule has 3 N–H and O–H groups in total. The van der Waals surface area contributed by atoms with Crippen LogP contribution in [-0.2, 0) is 20.9 Å². The fourth-order valence-corrected chi connectivity index (χ4v) is 4.07. The number of likely N-dealkylation sites (tertiary alicyclic amines) is 1. The van der Waals surface area contributed by atoms with Crippen LogP contribution in [0.25, 0.3) is 5.69 Å². The average molecular weight is 478 g/mol. The zero-order valence-corrected chi connectivity index (χ0v) is 19.3. The predicted molar refractivity (Wildman–Crippen MR) is 120 cm³/mol. The van der Waals surface area contributed by atoms with Crippen molar-refractivity contribution in [1.82, 2.24) is 35.7 Å². The van der Waals surface area contributed by atoms with Crippen molar-refractivity contribution in [3.63, 3.8) is 0 Å². The molecule has 0 spiro atoms. The summed E-state index contributed by atoms with van der Waals surface area (Å²) >= 11 is 6.11. The van der Waals surface area contributed by atoms with Gasteiger partial charge in [-0.05, 0) is 66.4 Å². The van der Waals surface area contributed by atoms with Crippen molar-refractivity contribution in [2.75, 3.05) is 13.1 Å². The van der Waals surface area contributed by atoms with Gasteiger partial charge in [0.05, 0.1) is 18.2 Å². The highest BCUT2D eigenvalue weighted by atomic mass is 35.5. The van der Waals surface area contributed by atoms with Gasteiger partial charge in [-0.25, -0.2) is 4.68 Å². The van der Waals surface area contributed by atoms with Crippen LogP contribution >= 0.6 is 11.6 Å². The van der Waals surface area contributed by atoms with Crippen molar-refractivity contribution < 1.29 is 19.5 Å². The molecule has 1 fully saturated rings. The summed E-state index contributed by atoms with van der Waals surface area (Å²) in [6, 6.07) is 3.94. The molecule has 11 nitrogen and oxygen atoms in total. The van der Waals surface area contributed by atoms with Crippen LogP contribution in [0.15, 0.2) is 24.5 Å².